The van der Waals surface area contributed by atoms with Gasteiger partial charge in [-0.05, 0) is 46.2 Å². The Hall–Kier alpha value is -1.88. The fourth-order valence-corrected chi connectivity index (χ4v) is 2.74. The van der Waals surface area contributed by atoms with Gasteiger partial charge in [-0.1, -0.05) is 12.1 Å². The lowest BCUT2D eigenvalue weighted by Crippen LogP contribution is -2.44. The van der Waals surface area contributed by atoms with Crippen LogP contribution in [0.5, 0.6) is 5.75 Å². The van der Waals surface area contributed by atoms with Crippen LogP contribution >= 0.6 is 0 Å². The molecule has 126 valence electrons. The molecule has 5 heteroatoms. The van der Waals surface area contributed by atoms with Crippen LogP contribution in [0.2, 0.25) is 0 Å². The normalized spacial score (nSPS) is 19.6. The van der Waals surface area contributed by atoms with Gasteiger partial charge >= 0.3 is 0 Å². The van der Waals surface area contributed by atoms with Crippen molar-refractivity contribution in [2.24, 2.45) is 0 Å². The number of Topliss-reactive ketones (excluding diaryl/α,β-unsaturated/α-hetero) is 1. The van der Waals surface area contributed by atoms with Gasteiger partial charge in [-0.15, -0.1) is 0 Å². The number of nitrogens with one attached hydrogen (secondary N) is 1. The van der Waals surface area contributed by atoms with E-state index in [0.29, 0.717) is 17.4 Å². The van der Waals surface area contributed by atoms with E-state index >= 15 is 0 Å². The number of carbonyl (C=O) groups is 2. The number of benzene rings is 1. The molecule has 0 radical (unpaired) electrons. The number of hydrogen-bond donors (Lipinski definition) is 1. The van der Waals surface area contributed by atoms with Crippen molar-refractivity contribution in [2.45, 2.75) is 52.3 Å². The lowest BCUT2D eigenvalue weighted by molar-refractivity contribution is -0.127. The second kappa shape index (κ2) is 7.59. The van der Waals surface area contributed by atoms with Gasteiger partial charge in [0.25, 0.3) is 5.91 Å². The quantitative estimate of drug-likeness (QED) is 0.817. The average Bonchev–Trinajstić information content (AvgIpc) is 2.96. The van der Waals surface area contributed by atoms with Gasteiger partial charge in [0, 0.05) is 30.7 Å². The SMILES string of the molecule is CC(=O)c1cccc(O[C@H](C)C(=O)N[C@@H]2CCN(C(C)C)C2)c1. The van der Waals surface area contributed by atoms with Crippen molar-refractivity contribution >= 4 is 11.7 Å². The van der Waals surface area contributed by atoms with Crippen LogP contribution in [0.15, 0.2) is 24.3 Å². The summed E-state index contributed by atoms with van der Waals surface area (Å²) in [5, 5.41) is 3.05. The third kappa shape index (κ3) is 4.79. The molecule has 0 aromatic heterocycles. The van der Waals surface area contributed by atoms with Gasteiger partial charge in [0.05, 0.1) is 0 Å². The maximum atomic E-state index is 12.3. The number of likely N-dealkylation sites (tertiary alicyclic amines) is 1. The Labute approximate surface area is 138 Å². The molecule has 0 spiro atoms. The van der Waals surface area contributed by atoms with Crippen molar-refractivity contribution < 1.29 is 14.3 Å². The predicted molar refractivity (Wildman–Crippen MR) is 89.8 cm³/mol. The highest BCUT2D eigenvalue weighted by atomic mass is 16.5. The molecule has 1 aliphatic heterocycles. The van der Waals surface area contributed by atoms with E-state index in [4.69, 9.17) is 4.74 Å². The molecule has 23 heavy (non-hydrogen) atoms. The minimum Gasteiger partial charge on any atom is -0.481 e. The first-order valence-corrected chi connectivity index (χ1v) is 8.19. The molecular formula is C18H26N2O3. The topological polar surface area (TPSA) is 58.6 Å². The van der Waals surface area contributed by atoms with E-state index in [0.717, 1.165) is 19.5 Å². The molecule has 1 aromatic carbocycles. The van der Waals surface area contributed by atoms with Crippen LogP contribution in [0.4, 0.5) is 0 Å². The molecule has 1 fully saturated rings. The molecule has 1 amide bonds. The summed E-state index contributed by atoms with van der Waals surface area (Å²) in [5.74, 6) is 0.400. The van der Waals surface area contributed by atoms with E-state index in [9.17, 15) is 9.59 Å². The van der Waals surface area contributed by atoms with Crippen LogP contribution in [0, 0.1) is 0 Å². The van der Waals surface area contributed by atoms with Crippen LogP contribution < -0.4 is 10.1 Å². The molecule has 2 atom stereocenters. The maximum Gasteiger partial charge on any atom is 0.261 e. The lowest BCUT2D eigenvalue weighted by atomic mass is 10.1. The Kier molecular flexibility index (Phi) is 5.77. The van der Waals surface area contributed by atoms with Crippen molar-refractivity contribution in [1.29, 1.82) is 0 Å². The molecule has 0 aliphatic carbocycles. The second-order valence-electron chi connectivity index (χ2n) is 6.43. The summed E-state index contributed by atoms with van der Waals surface area (Å²) in [6.45, 7) is 9.46. The summed E-state index contributed by atoms with van der Waals surface area (Å²) in [6, 6.07) is 7.60. The van der Waals surface area contributed by atoms with Gasteiger partial charge in [0.15, 0.2) is 11.9 Å². The van der Waals surface area contributed by atoms with Crippen molar-refractivity contribution in [1.82, 2.24) is 10.2 Å². The molecule has 1 N–H and O–H groups in total. The highest BCUT2D eigenvalue weighted by Gasteiger charge is 2.27. The molecule has 0 bridgehead atoms. The van der Waals surface area contributed by atoms with Crippen LogP contribution in [-0.4, -0.2) is 47.9 Å². The fraction of sp³-hybridized carbons (Fsp3) is 0.556. The smallest absolute Gasteiger partial charge is 0.261 e. The maximum absolute atomic E-state index is 12.3. The summed E-state index contributed by atoms with van der Waals surface area (Å²) in [7, 11) is 0. The van der Waals surface area contributed by atoms with Crippen molar-refractivity contribution in [3.63, 3.8) is 0 Å². The summed E-state index contributed by atoms with van der Waals surface area (Å²) in [4.78, 5) is 26.0. The highest BCUT2D eigenvalue weighted by molar-refractivity contribution is 5.94. The van der Waals surface area contributed by atoms with E-state index in [2.05, 4.69) is 24.1 Å². The first kappa shape index (κ1) is 17.5. The Bertz CT molecular complexity index is 571. The predicted octanol–water partition coefficient (Wildman–Crippen LogP) is 2.26. The zero-order valence-corrected chi connectivity index (χ0v) is 14.3. The number of nitrogens with zero attached hydrogens (tertiary/aromatic N) is 1. The van der Waals surface area contributed by atoms with Gasteiger partial charge < -0.3 is 10.1 Å². The summed E-state index contributed by atoms with van der Waals surface area (Å²) >= 11 is 0. The number of carbonyl (C=O) groups excluding carboxylic acids is 2. The molecule has 1 aromatic rings. The van der Waals surface area contributed by atoms with E-state index in [-0.39, 0.29) is 17.7 Å². The number of hydrogen-bond acceptors (Lipinski definition) is 4. The van der Waals surface area contributed by atoms with Crippen LogP contribution in [0.25, 0.3) is 0 Å². The van der Waals surface area contributed by atoms with E-state index in [1.165, 1.54) is 6.92 Å². The highest BCUT2D eigenvalue weighted by Crippen LogP contribution is 2.16. The van der Waals surface area contributed by atoms with Crippen LogP contribution in [0.1, 0.15) is 44.5 Å². The van der Waals surface area contributed by atoms with Gasteiger partial charge in [0.1, 0.15) is 5.75 Å². The van der Waals surface area contributed by atoms with Crippen molar-refractivity contribution in [3.05, 3.63) is 29.8 Å². The van der Waals surface area contributed by atoms with Crippen molar-refractivity contribution in [2.75, 3.05) is 13.1 Å². The summed E-state index contributed by atoms with van der Waals surface area (Å²) in [5.41, 5.74) is 0.582. The van der Waals surface area contributed by atoms with Crippen LogP contribution in [-0.2, 0) is 4.79 Å². The summed E-state index contributed by atoms with van der Waals surface area (Å²) < 4.78 is 5.67. The van der Waals surface area contributed by atoms with E-state index in [1.807, 2.05) is 0 Å². The fourth-order valence-electron chi connectivity index (χ4n) is 2.74. The Morgan fingerprint density at radius 2 is 2.04 bits per heavy atom. The number of ether oxygens (including phenoxy) is 1. The minimum atomic E-state index is -0.592. The average molecular weight is 318 g/mol. The molecule has 5 nitrogen and oxygen atoms in total. The van der Waals surface area contributed by atoms with Gasteiger partial charge in [0.2, 0.25) is 0 Å². The monoisotopic (exact) mass is 318 g/mol. The zero-order chi connectivity index (χ0) is 17.0. The Morgan fingerprint density at radius 1 is 1.30 bits per heavy atom. The number of rotatable bonds is 6. The van der Waals surface area contributed by atoms with Crippen molar-refractivity contribution in [3.8, 4) is 5.75 Å². The molecule has 0 saturated carbocycles. The largest absolute Gasteiger partial charge is 0.481 e. The van der Waals surface area contributed by atoms with Gasteiger partial charge in [-0.2, -0.15) is 0 Å². The summed E-state index contributed by atoms with van der Waals surface area (Å²) in [6.07, 6.45) is 0.376. The third-order valence-electron chi connectivity index (χ3n) is 4.22. The third-order valence-corrected chi connectivity index (χ3v) is 4.22. The zero-order valence-electron chi connectivity index (χ0n) is 14.3. The molecule has 2 rings (SSSR count). The Morgan fingerprint density at radius 3 is 2.65 bits per heavy atom. The first-order chi connectivity index (χ1) is 10.9. The van der Waals surface area contributed by atoms with E-state index in [1.54, 1.807) is 31.2 Å². The van der Waals surface area contributed by atoms with E-state index < -0.39 is 6.10 Å². The molecular weight excluding hydrogens is 292 g/mol. The second-order valence-corrected chi connectivity index (χ2v) is 6.43. The molecule has 0 unspecified atom stereocenters. The standard InChI is InChI=1S/C18H26N2O3/c1-12(2)20-9-8-16(11-20)19-18(22)14(4)23-17-7-5-6-15(10-17)13(3)21/h5-7,10,12,14,16H,8-9,11H2,1-4H3,(H,19,22)/t14-,16-/m1/s1. The lowest BCUT2D eigenvalue weighted by Gasteiger charge is -2.21. The van der Waals surface area contributed by atoms with Crippen LogP contribution in [0.3, 0.4) is 0 Å². The number of ketones is 1. The number of amides is 1. The molecule has 1 aliphatic rings. The van der Waals surface area contributed by atoms with Gasteiger partial charge in [-0.3, -0.25) is 14.5 Å². The molecule has 1 saturated heterocycles. The Balaban J connectivity index is 1.88. The first-order valence-electron chi connectivity index (χ1n) is 8.19. The minimum absolute atomic E-state index is 0.0210. The van der Waals surface area contributed by atoms with Gasteiger partial charge in [-0.25, -0.2) is 0 Å². The molecule has 1 heterocycles.